The minimum Gasteiger partial charge on any atom is -0.368 e. The SMILES string of the molecule is CCCO[Si](O)(O)O.CN(C)C.Cl. The highest BCUT2D eigenvalue weighted by molar-refractivity contribution is 6.48. The lowest BCUT2D eigenvalue weighted by atomic mass is 10.5. The third kappa shape index (κ3) is 46.4. The molecular weight excluding hydrogens is 214 g/mol. The molecule has 0 aromatic carbocycles. The van der Waals surface area contributed by atoms with Gasteiger partial charge >= 0.3 is 9.05 Å². The molecule has 0 spiro atoms. The molecule has 0 rings (SSSR count). The van der Waals surface area contributed by atoms with Crippen molar-refractivity contribution in [3.05, 3.63) is 0 Å². The molecule has 0 radical (unpaired) electrons. The predicted molar refractivity (Wildman–Crippen MR) is 55.5 cm³/mol. The summed E-state index contributed by atoms with van der Waals surface area (Å²) in [5.74, 6) is 0. The number of rotatable bonds is 3. The largest absolute Gasteiger partial charge is 0.671 e. The van der Waals surface area contributed by atoms with Crippen molar-refractivity contribution >= 4 is 21.5 Å². The Balaban J connectivity index is -0.000000173. The molecule has 0 amide bonds. The molecule has 5 nitrogen and oxygen atoms in total. The molecule has 0 atom stereocenters. The summed E-state index contributed by atoms with van der Waals surface area (Å²) in [7, 11) is 1.82. The zero-order valence-electron chi connectivity index (χ0n) is 8.52. The fourth-order valence-corrected chi connectivity index (χ4v) is 0.717. The van der Waals surface area contributed by atoms with Gasteiger partial charge in [-0.3, -0.25) is 0 Å². The van der Waals surface area contributed by atoms with Crippen LogP contribution >= 0.6 is 12.4 Å². The van der Waals surface area contributed by atoms with Crippen LogP contribution in [-0.2, 0) is 4.43 Å². The Morgan fingerprint density at radius 2 is 1.46 bits per heavy atom. The Bertz CT molecular complexity index is 96.4. The first-order valence-corrected chi connectivity index (χ1v) is 5.46. The molecule has 0 saturated heterocycles. The van der Waals surface area contributed by atoms with Crippen molar-refractivity contribution in [1.82, 2.24) is 4.90 Å². The van der Waals surface area contributed by atoms with Crippen LogP contribution in [0.2, 0.25) is 0 Å². The molecular formula is C6H20ClNO4Si. The van der Waals surface area contributed by atoms with Gasteiger partial charge in [-0.05, 0) is 27.6 Å². The Morgan fingerprint density at radius 3 is 1.54 bits per heavy atom. The Hall–Kier alpha value is 0.307. The van der Waals surface area contributed by atoms with E-state index >= 15 is 0 Å². The molecule has 0 heterocycles. The van der Waals surface area contributed by atoms with E-state index in [-0.39, 0.29) is 19.0 Å². The van der Waals surface area contributed by atoms with Crippen molar-refractivity contribution in [1.29, 1.82) is 0 Å². The van der Waals surface area contributed by atoms with Crippen LogP contribution in [0.25, 0.3) is 0 Å². The van der Waals surface area contributed by atoms with Gasteiger partial charge in [0.15, 0.2) is 0 Å². The van der Waals surface area contributed by atoms with E-state index < -0.39 is 9.05 Å². The van der Waals surface area contributed by atoms with Crippen molar-refractivity contribution in [2.45, 2.75) is 13.3 Å². The first kappa shape index (κ1) is 19.0. The van der Waals surface area contributed by atoms with E-state index in [1.54, 1.807) is 6.92 Å². The summed E-state index contributed by atoms with van der Waals surface area (Å²) in [6.45, 7) is 2.00. The van der Waals surface area contributed by atoms with Crippen LogP contribution in [0, 0.1) is 0 Å². The van der Waals surface area contributed by atoms with Crippen LogP contribution in [-0.4, -0.2) is 56.1 Å². The lowest BCUT2D eigenvalue weighted by Gasteiger charge is -2.07. The highest BCUT2D eigenvalue weighted by Crippen LogP contribution is 1.89. The van der Waals surface area contributed by atoms with Gasteiger partial charge in [0.1, 0.15) is 0 Å². The molecule has 84 valence electrons. The van der Waals surface area contributed by atoms with Gasteiger partial charge < -0.3 is 23.7 Å². The Morgan fingerprint density at radius 1 is 1.15 bits per heavy atom. The van der Waals surface area contributed by atoms with Crippen molar-refractivity contribution in [3.8, 4) is 0 Å². The van der Waals surface area contributed by atoms with Crippen LogP contribution < -0.4 is 0 Å². The number of halogens is 1. The van der Waals surface area contributed by atoms with Gasteiger partial charge in [0, 0.05) is 6.61 Å². The summed E-state index contributed by atoms with van der Waals surface area (Å²) in [6.07, 6.45) is 0.663. The lowest BCUT2D eigenvalue weighted by Crippen LogP contribution is -2.39. The summed E-state index contributed by atoms with van der Waals surface area (Å²) >= 11 is 0. The minimum atomic E-state index is -4.18. The molecule has 0 aliphatic carbocycles. The fourth-order valence-electron chi connectivity index (χ4n) is 0.239. The normalized spacial score (nSPS) is 10.2. The summed E-state index contributed by atoms with van der Waals surface area (Å²) in [5, 5.41) is 0. The second-order valence-corrected chi connectivity index (χ2v) is 4.20. The second-order valence-electron chi connectivity index (χ2n) is 2.76. The zero-order chi connectivity index (χ0) is 10.2. The van der Waals surface area contributed by atoms with Crippen molar-refractivity contribution in [3.63, 3.8) is 0 Å². The van der Waals surface area contributed by atoms with Crippen LogP contribution in [0.4, 0.5) is 0 Å². The molecule has 3 N–H and O–H groups in total. The van der Waals surface area contributed by atoms with E-state index in [4.69, 9.17) is 14.4 Å². The average Bonchev–Trinajstić information content (AvgIpc) is 1.80. The minimum absolute atomic E-state index is 0. The number of hydrogen-bond donors (Lipinski definition) is 3. The summed E-state index contributed by atoms with van der Waals surface area (Å²) in [4.78, 5) is 26.5. The van der Waals surface area contributed by atoms with Gasteiger partial charge in [0.25, 0.3) is 0 Å². The lowest BCUT2D eigenvalue weighted by molar-refractivity contribution is 0.0636. The average molecular weight is 234 g/mol. The fraction of sp³-hybridized carbons (Fsp3) is 1.00. The Labute approximate surface area is 86.9 Å². The van der Waals surface area contributed by atoms with E-state index in [2.05, 4.69) is 4.43 Å². The van der Waals surface area contributed by atoms with Gasteiger partial charge in [-0.2, -0.15) is 0 Å². The van der Waals surface area contributed by atoms with Crippen LogP contribution in [0.1, 0.15) is 13.3 Å². The second kappa shape index (κ2) is 10.4. The molecule has 0 aliphatic rings. The maximum atomic E-state index is 8.18. The first-order valence-electron chi connectivity index (χ1n) is 3.71. The molecule has 13 heavy (non-hydrogen) atoms. The standard InChI is InChI=1S/C3H9N.C3H10O4Si.ClH/c1-4(2)3;1-2-3-7-8(4,5)6;/h1-3H3;4-6H,2-3H2,1H3;1H. The van der Waals surface area contributed by atoms with E-state index in [1.807, 2.05) is 26.0 Å². The van der Waals surface area contributed by atoms with Crippen LogP contribution in [0.3, 0.4) is 0 Å². The van der Waals surface area contributed by atoms with Crippen molar-refractivity contribution < 1.29 is 18.8 Å². The zero-order valence-corrected chi connectivity index (χ0v) is 10.3. The molecule has 0 fully saturated rings. The third-order valence-electron chi connectivity index (χ3n) is 0.500. The smallest absolute Gasteiger partial charge is 0.368 e. The van der Waals surface area contributed by atoms with E-state index in [1.165, 1.54) is 0 Å². The Kier molecular flexibility index (Phi) is 15.2. The molecule has 7 heteroatoms. The summed E-state index contributed by atoms with van der Waals surface area (Å²) < 4.78 is 4.18. The topological polar surface area (TPSA) is 73.2 Å². The molecule has 0 aliphatic heterocycles. The van der Waals surface area contributed by atoms with Crippen LogP contribution in [0.15, 0.2) is 0 Å². The van der Waals surface area contributed by atoms with E-state index in [0.29, 0.717) is 6.42 Å². The van der Waals surface area contributed by atoms with Gasteiger partial charge in [-0.15, -0.1) is 12.4 Å². The highest BCUT2D eigenvalue weighted by atomic mass is 35.5. The van der Waals surface area contributed by atoms with Gasteiger partial charge in [-0.1, -0.05) is 6.92 Å². The quantitative estimate of drug-likeness (QED) is 0.570. The molecule has 0 aromatic rings. The van der Waals surface area contributed by atoms with Crippen molar-refractivity contribution in [2.75, 3.05) is 27.7 Å². The monoisotopic (exact) mass is 233 g/mol. The van der Waals surface area contributed by atoms with E-state index in [9.17, 15) is 0 Å². The summed E-state index contributed by atoms with van der Waals surface area (Å²) in [5.41, 5.74) is 0. The molecule has 0 aromatic heterocycles. The van der Waals surface area contributed by atoms with E-state index in [0.717, 1.165) is 0 Å². The first-order chi connectivity index (χ1) is 5.29. The van der Waals surface area contributed by atoms with Gasteiger partial charge in [-0.25, -0.2) is 0 Å². The van der Waals surface area contributed by atoms with Crippen molar-refractivity contribution in [2.24, 2.45) is 0 Å². The number of hydrogen-bond acceptors (Lipinski definition) is 5. The van der Waals surface area contributed by atoms with Crippen LogP contribution in [0.5, 0.6) is 0 Å². The molecule has 0 unspecified atom stereocenters. The van der Waals surface area contributed by atoms with Gasteiger partial charge in [0.05, 0.1) is 0 Å². The maximum Gasteiger partial charge on any atom is 0.671 e. The highest BCUT2D eigenvalue weighted by Gasteiger charge is 2.29. The molecule has 0 bridgehead atoms. The number of nitrogens with zero attached hydrogens (tertiary/aromatic N) is 1. The molecule has 0 saturated carbocycles. The predicted octanol–water partition coefficient (Wildman–Crippen LogP) is -0.575. The van der Waals surface area contributed by atoms with Gasteiger partial charge in [0.2, 0.25) is 0 Å². The third-order valence-corrected chi connectivity index (χ3v) is 1.09. The maximum absolute atomic E-state index is 8.18. The summed E-state index contributed by atoms with van der Waals surface area (Å²) in [6, 6.07) is 0.